The number of nitrogens with one attached hydrogen (secondary N) is 1. The van der Waals surface area contributed by atoms with E-state index in [9.17, 15) is 0 Å². The number of nitrogens with two attached hydrogens (primary N) is 1. The van der Waals surface area contributed by atoms with Crippen molar-refractivity contribution in [3.05, 3.63) is 22.0 Å². The SMILES string of the molecule is CCc1c(C)nn(Cc2nnc(NN)s2)c1C. The van der Waals surface area contributed by atoms with Crippen molar-refractivity contribution < 1.29 is 0 Å². The van der Waals surface area contributed by atoms with Crippen molar-refractivity contribution in [1.29, 1.82) is 0 Å². The highest BCUT2D eigenvalue weighted by Gasteiger charge is 2.11. The third kappa shape index (κ3) is 2.29. The van der Waals surface area contributed by atoms with Crippen LogP contribution >= 0.6 is 11.3 Å². The van der Waals surface area contributed by atoms with E-state index in [0.717, 1.165) is 17.1 Å². The predicted octanol–water partition coefficient (Wildman–Crippen LogP) is 1.25. The van der Waals surface area contributed by atoms with Crippen LogP contribution in [0.4, 0.5) is 5.13 Å². The van der Waals surface area contributed by atoms with E-state index >= 15 is 0 Å². The molecule has 0 spiro atoms. The highest BCUT2D eigenvalue weighted by Crippen LogP contribution is 2.18. The summed E-state index contributed by atoms with van der Waals surface area (Å²) in [6.45, 7) is 6.91. The average Bonchev–Trinajstić information content (AvgIpc) is 2.86. The number of nitrogens with zero attached hydrogens (tertiary/aromatic N) is 4. The first-order chi connectivity index (χ1) is 8.15. The first kappa shape index (κ1) is 12.0. The van der Waals surface area contributed by atoms with Gasteiger partial charge in [-0.3, -0.25) is 10.1 Å². The lowest BCUT2D eigenvalue weighted by Gasteiger charge is -2.01. The van der Waals surface area contributed by atoms with Crippen LogP contribution in [0.1, 0.15) is 28.9 Å². The molecule has 2 rings (SSSR count). The van der Waals surface area contributed by atoms with Crippen LogP contribution in [0.25, 0.3) is 0 Å². The zero-order valence-electron chi connectivity index (χ0n) is 10.2. The highest BCUT2D eigenvalue weighted by atomic mass is 32.1. The molecule has 3 N–H and O–H groups in total. The second kappa shape index (κ2) is 4.80. The van der Waals surface area contributed by atoms with Gasteiger partial charge in [0.25, 0.3) is 0 Å². The fraction of sp³-hybridized carbons (Fsp3) is 0.500. The lowest BCUT2D eigenvalue weighted by Crippen LogP contribution is -2.05. The van der Waals surface area contributed by atoms with Crippen LogP contribution in [0.2, 0.25) is 0 Å². The monoisotopic (exact) mass is 252 g/mol. The predicted molar refractivity (Wildman–Crippen MR) is 67.9 cm³/mol. The first-order valence-corrected chi connectivity index (χ1v) is 6.29. The summed E-state index contributed by atoms with van der Waals surface area (Å²) in [5.74, 6) is 5.27. The molecule has 0 fully saturated rings. The van der Waals surface area contributed by atoms with Gasteiger partial charge >= 0.3 is 0 Å². The standard InChI is InChI=1S/C10H16N6S/c1-4-8-6(2)15-16(7(8)3)5-9-13-14-10(12-11)17-9/h4-5,11H2,1-3H3,(H,12,14). The van der Waals surface area contributed by atoms with Crippen LogP contribution in [0.3, 0.4) is 0 Å². The van der Waals surface area contributed by atoms with Crippen LogP contribution in [0.15, 0.2) is 0 Å². The molecule has 7 heteroatoms. The molecular weight excluding hydrogens is 236 g/mol. The molecule has 2 heterocycles. The summed E-state index contributed by atoms with van der Waals surface area (Å²) in [6, 6.07) is 0. The van der Waals surface area contributed by atoms with Crippen molar-refractivity contribution in [2.75, 3.05) is 5.43 Å². The largest absolute Gasteiger partial charge is 0.298 e. The molecule has 92 valence electrons. The number of hydrogen-bond donors (Lipinski definition) is 2. The molecule has 2 aromatic heterocycles. The summed E-state index contributed by atoms with van der Waals surface area (Å²) in [4.78, 5) is 0. The Morgan fingerprint density at radius 3 is 2.65 bits per heavy atom. The summed E-state index contributed by atoms with van der Waals surface area (Å²) >= 11 is 1.44. The van der Waals surface area contributed by atoms with Crippen LogP contribution in [0, 0.1) is 13.8 Å². The zero-order chi connectivity index (χ0) is 12.4. The van der Waals surface area contributed by atoms with Gasteiger partial charge in [-0.1, -0.05) is 18.3 Å². The molecule has 0 saturated heterocycles. The topological polar surface area (TPSA) is 81.7 Å². The average molecular weight is 252 g/mol. The Bertz CT molecular complexity index is 515. The summed E-state index contributed by atoms with van der Waals surface area (Å²) in [5.41, 5.74) is 6.09. The van der Waals surface area contributed by atoms with Crippen molar-refractivity contribution in [3.8, 4) is 0 Å². The number of aromatic nitrogens is 4. The maximum absolute atomic E-state index is 5.27. The van der Waals surface area contributed by atoms with Gasteiger partial charge in [0.05, 0.1) is 12.2 Å². The normalized spacial score (nSPS) is 10.8. The van der Waals surface area contributed by atoms with Crippen LogP contribution in [-0.2, 0) is 13.0 Å². The number of aryl methyl sites for hydroxylation is 1. The van der Waals surface area contributed by atoms with E-state index in [-0.39, 0.29) is 0 Å². The second-order valence-electron chi connectivity index (χ2n) is 3.81. The van der Waals surface area contributed by atoms with Crippen LogP contribution in [0.5, 0.6) is 0 Å². The van der Waals surface area contributed by atoms with Gasteiger partial charge in [-0.05, 0) is 25.8 Å². The van der Waals surface area contributed by atoms with Crippen molar-refractivity contribution in [2.45, 2.75) is 33.7 Å². The number of anilines is 1. The maximum Gasteiger partial charge on any atom is 0.219 e. The molecule has 0 radical (unpaired) electrons. The number of nitrogen functional groups attached to an aromatic ring is 1. The smallest absolute Gasteiger partial charge is 0.219 e. The fourth-order valence-electron chi connectivity index (χ4n) is 1.90. The Labute approximate surface area is 104 Å². The second-order valence-corrected chi connectivity index (χ2v) is 4.87. The lowest BCUT2D eigenvalue weighted by molar-refractivity contribution is 0.650. The van der Waals surface area contributed by atoms with Gasteiger partial charge in [-0.2, -0.15) is 5.10 Å². The number of hydrogen-bond acceptors (Lipinski definition) is 6. The van der Waals surface area contributed by atoms with E-state index in [2.05, 4.69) is 34.6 Å². The Kier molecular flexibility index (Phi) is 3.39. The van der Waals surface area contributed by atoms with Crippen molar-refractivity contribution in [1.82, 2.24) is 20.0 Å². The minimum atomic E-state index is 0.622. The molecule has 17 heavy (non-hydrogen) atoms. The van der Waals surface area contributed by atoms with Gasteiger partial charge in [0.2, 0.25) is 5.13 Å². The molecule has 6 nitrogen and oxygen atoms in total. The molecule has 0 atom stereocenters. The number of hydrazine groups is 1. The quantitative estimate of drug-likeness (QED) is 0.632. The van der Waals surface area contributed by atoms with Crippen LogP contribution in [-0.4, -0.2) is 20.0 Å². The molecule has 0 aromatic carbocycles. The number of rotatable bonds is 4. The molecule has 2 aromatic rings. The van der Waals surface area contributed by atoms with Crippen molar-refractivity contribution in [2.24, 2.45) is 5.84 Å². The molecular formula is C10H16N6S. The minimum Gasteiger partial charge on any atom is -0.298 e. The molecule has 0 bridgehead atoms. The lowest BCUT2D eigenvalue weighted by atomic mass is 10.1. The Morgan fingerprint density at radius 2 is 2.12 bits per heavy atom. The van der Waals surface area contributed by atoms with Crippen molar-refractivity contribution in [3.63, 3.8) is 0 Å². The van der Waals surface area contributed by atoms with Gasteiger partial charge in [0.15, 0.2) is 0 Å². The third-order valence-electron chi connectivity index (χ3n) is 2.76. The van der Waals surface area contributed by atoms with Gasteiger partial charge < -0.3 is 0 Å². The molecule has 0 aliphatic heterocycles. The van der Waals surface area contributed by atoms with E-state index in [1.54, 1.807) is 0 Å². The Hall–Kier alpha value is -1.47. The van der Waals surface area contributed by atoms with Gasteiger partial charge in [0, 0.05) is 5.69 Å². The molecule has 0 aliphatic carbocycles. The maximum atomic E-state index is 5.27. The highest BCUT2D eigenvalue weighted by molar-refractivity contribution is 7.15. The summed E-state index contributed by atoms with van der Waals surface area (Å²) in [5, 5.41) is 14.0. The van der Waals surface area contributed by atoms with Gasteiger partial charge in [-0.25, -0.2) is 5.84 Å². The molecule has 0 unspecified atom stereocenters. The van der Waals surface area contributed by atoms with Crippen LogP contribution < -0.4 is 11.3 Å². The summed E-state index contributed by atoms with van der Waals surface area (Å²) in [6.07, 6.45) is 1.00. The molecule has 0 saturated carbocycles. The Balaban J connectivity index is 2.24. The first-order valence-electron chi connectivity index (χ1n) is 5.47. The third-order valence-corrected chi connectivity index (χ3v) is 3.60. The van der Waals surface area contributed by atoms with E-state index in [1.165, 1.54) is 22.6 Å². The minimum absolute atomic E-state index is 0.622. The van der Waals surface area contributed by atoms with E-state index in [1.807, 2.05) is 11.6 Å². The zero-order valence-corrected chi connectivity index (χ0v) is 11.0. The molecule has 0 aliphatic rings. The van der Waals surface area contributed by atoms with E-state index < -0.39 is 0 Å². The summed E-state index contributed by atoms with van der Waals surface area (Å²) in [7, 11) is 0. The van der Waals surface area contributed by atoms with Gasteiger partial charge in [-0.15, -0.1) is 10.2 Å². The van der Waals surface area contributed by atoms with E-state index in [4.69, 9.17) is 5.84 Å². The fourth-order valence-corrected chi connectivity index (χ4v) is 2.54. The molecule has 0 amide bonds. The summed E-state index contributed by atoms with van der Waals surface area (Å²) < 4.78 is 1.97. The van der Waals surface area contributed by atoms with Crippen molar-refractivity contribution >= 4 is 16.5 Å². The van der Waals surface area contributed by atoms with E-state index in [0.29, 0.717) is 11.7 Å². The van der Waals surface area contributed by atoms with Gasteiger partial charge in [0.1, 0.15) is 5.01 Å². The Morgan fingerprint density at radius 1 is 1.35 bits per heavy atom.